The summed E-state index contributed by atoms with van der Waals surface area (Å²) in [6.07, 6.45) is 3.69. The van der Waals surface area contributed by atoms with Gasteiger partial charge in [-0.25, -0.2) is 0 Å². The molecule has 0 aliphatic heterocycles. The maximum Gasteiger partial charge on any atom is 0.119 e. The van der Waals surface area contributed by atoms with E-state index in [1.807, 2.05) is 37.5 Å². The number of rotatable bonds is 4. The smallest absolute Gasteiger partial charge is 0.119 e. The summed E-state index contributed by atoms with van der Waals surface area (Å²) in [5.74, 6) is 0.772. The highest BCUT2D eigenvalue weighted by atomic mass is 16.5. The standard InChI is InChI=1S/C13H15N3O2/c1-10(15-17)12-3-5-13(6-4-12)18-9-11-7-14-16(2)8-11/h3-8,17H,9H2,1-2H3/b15-10+. The molecule has 94 valence electrons. The van der Waals surface area contributed by atoms with Gasteiger partial charge in [-0.1, -0.05) is 5.16 Å². The van der Waals surface area contributed by atoms with Crippen molar-refractivity contribution in [1.82, 2.24) is 9.78 Å². The molecule has 0 bridgehead atoms. The normalized spacial score (nSPS) is 11.6. The van der Waals surface area contributed by atoms with Crippen molar-refractivity contribution in [3.8, 4) is 5.75 Å². The van der Waals surface area contributed by atoms with Crippen molar-refractivity contribution in [2.24, 2.45) is 12.2 Å². The second-order valence-corrected chi connectivity index (χ2v) is 4.02. The fraction of sp³-hybridized carbons (Fsp3) is 0.231. The molecule has 0 fully saturated rings. The average molecular weight is 245 g/mol. The van der Waals surface area contributed by atoms with Crippen molar-refractivity contribution in [3.63, 3.8) is 0 Å². The van der Waals surface area contributed by atoms with Crippen LogP contribution in [0.5, 0.6) is 5.75 Å². The summed E-state index contributed by atoms with van der Waals surface area (Å²) in [5.41, 5.74) is 2.47. The van der Waals surface area contributed by atoms with Gasteiger partial charge in [0.05, 0.1) is 11.9 Å². The van der Waals surface area contributed by atoms with E-state index in [0.717, 1.165) is 16.9 Å². The van der Waals surface area contributed by atoms with Gasteiger partial charge in [-0.2, -0.15) is 5.10 Å². The SMILES string of the molecule is C/C(=N\O)c1ccc(OCc2cnn(C)c2)cc1. The Morgan fingerprint density at radius 3 is 2.67 bits per heavy atom. The van der Waals surface area contributed by atoms with Crippen LogP contribution in [-0.4, -0.2) is 20.7 Å². The highest BCUT2D eigenvalue weighted by Gasteiger charge is 2.00. The first kappa shape index (κ1) is 12.2. The second-order valence-electron chi connectivity index (χ2n) is 4.02. The van der Waals surface area contributed by atoms with Crippen molar-refractivity contribution < 1.29 is 9.94 Å². The zero-order valence-electron chi connectivity index (χ0n) is 10.4. The van der Waals surface area contributed by atoms with Gasteiger partial charge < -0.3 is 9.94 Å². The van der Waals surface area contributed by atoms with Gasteiger partial charge in [-0.05, 0) is 36.8 Å². The van der Waals surface area contributed by atoms with Gasteiger partial charge in [-0.3, -0.25) is 4.68 Å². The van der Waals surface area contributed by atoms with Crippen LogP contribution in [0.25, 0.3) is 0 Å². The van der Waals surface area contributed by atoms with E-state index < -0.39 is 0 Å². The first-order valence-corrected chi connectivity index (χ1v) is 5.58. The number of hydrogen-bond donors (Lipinski definition) is 1. The molecule has 2 rings (SSSR count). The molecule has 5 nitrogen and oxygen atoms in total. The number of ether oxygens (including phenoxy) is 1. The third kappa shape index (κ3) is 2.88. The number of aromatic nitrogens is 2. The number of oxime groups is 1. The Morgan fingerprint density at radius 1 is 1.39 bits per heavy atom. The largest absolute Gasteiger partial charge is 0.489 e. The molecule has 0 saturated heterocycles. The van der Waals surface area contributed by atoms with Gasteiger partial charge in [0.1, 0.15) is 12.4 Å². The zero-order chi connectivity index (χ0) is 13.0. The molecular weight excluding hydrogens is 230 g/mol. The molecule has 0 spiro atoms. The molecule has 2 aromatic rings. The molecule has 1 heterocycles. The molecule has 0 amide bonds. The van der Waals surface area contributed by atoms with E-state index in [1.54, 1.807) is 17.8 Å². The van der Waals surface area contributed by atoms with Crippen LogP contribution in [0.15, 0.2) is 41.8 Å². The summed E-state index contributed by atoms with van der Waals surface area (Å²) in [4.78, 5) is 0. The van der Waals surface area contributed by atoms with E-state index in [9.17, 15) is 0 Å². The van der Waals surface area contributed by atoms with Gasteiger partial charge in [0.2, 0.25) is 0 Å². The third-order valence-corrected chi connectivity index (χ3v) is 2.59. The van der Waals surface area contributed by atoms with E-state index in [-0.39, 0.29) is 0 Å². The van der Waals surface area contributed by atoms with Crippen molar-refractivity contribution in [2.45, 2.75) is 13.5 Å². The van der Waals surface area contributed by atoms with E-state index in [0.29, 0.717) is 12.3 Å². The first-order valence-electron chi connectivity index (χ1n) is 5.58. The molecule has 0 radical (unpaired) electrons. The lowest BCUT2D eigenvalue weighted by atomic mass is 10.1. The van der Waals surface area contributed by atoms with Crippen LogP contribution in [0.4, 0.5) is 0 Å². The molecule has 1 N–H and O–H groups in total. The van der Waals surface area contributed by atoms with Crippen LogP contribution in [0, 0.1) is 0 Å². The molecule has 18 heavy (non-hydrogen) atoms. The number of benzene rings is 1. The maximum absolute atomic E-state index is 8.66. The molecular formula is C13H15N3O2. The van der Waals surface area contributed by atoms with Crippen LogP contribution in [0.3, 0.4) is 0 Å². The fourth-order valence-corrected chi connectivity index (χ4v) is 1.56. The quantitative estimate of drug-likeness (QED) is 0.510. The van der Waals surface area contributed by atoms with Gasteiger partial charge in [0.25, 0.3) is 0 Å². The minimum absolute atomic E-state index is 0.486. The van der Waals surface area contributed by atoms with Crippen molar-refractivity contribution in [3.05, 3.63) is 47.8 Å². The van der Waals surface area contributed by atoms with Crippen LogP contribution < -0.4 is 4.74 Å². The summed E-state index contributed by atoms with van der Waals surface area (Å²) in [5, 5.41) is 15.9. The summed E-state index contributed by atoms with van der Waals surface area (Å²) >= 11 is 0. The summed E-state index contributed by atoms with van der Waals surface area (Å²) < 4.78 is 7.36. The lowest BCUT2D eigenvalue weighted by molar-refractivity contribution is 0.306. The Balaban J connectivity index is 1.98. The Kier molecular flexibility index (Phi) is 3.62. The molecule has 0 atom stereocenters. The Bertz CT molecular complexity index is 544. The molecule has 1 aromatic heterocycles. The maximum atomic E-state index is 8.66. The lowest BCUT2D eigenvalue weighted by Gasteiger charge is -2.05. The topological polar surface area (TPSA) is 59.6 Å². The van der Waals surface area contributed by atoms with Gasteiger partial charge in [0, 0.05) is 18.8 Å². The van der Waals surface area contributed by atoms with Crippen LogP contribution in [0.1, 0.15) is 18.1 Å². The van der Waals surface area contributed by atoms with E-state index in [4.69, 9.17) is 9.94 Å². The van der Waals surface area contributed by atoms with Crippen molar-refractivity contribution >= 4 is 5.71 Å². The Morgan fingerprint density at radius 2 is 2.11 bits per heavy atom. The predicted octanol–water partition coefficient (Wildman–Crippen LogP) is 2.20. The van der Waals surface area contributed by atoms with Gasteiger partial charge in [0.15, 0.2) is 0 Å². The predicted molar refractivity (Wildman–Crippen MR) is 68.0 cm³/mol. The molecule has 0 saturated carbocycles. The first-order chi connectivity index (χ1) is 8.69. The number of nitrogens with zero attached hydrogens (tertiary/aromatic N) is 3. The Labute approximate surface area is 105 Å². The van der Waals surface area contributed by atoms with Crippen molar-refractivity contribution in [2.75, 3.05) is 0 Å². The summed E-state index contributed by atoms with van der Waals surface area (Å²) in [6, 6.07) is 7.40. The minimum atomic E-state index is 0.486. The van der Waals surface area contributed by atoms with E-state index in [2.05, 4.69) is 10.3 Å². The molecule has 1 aromatic carbocycles. The number of aryl methyl sites for hydroxylation is 1. The zero-order valence-corrected chi connectivity index (χ0v) is 10.4. The minimum Gasteiger partial charge on any atom is -0.489 e. The van der Waals surface area contributed by atoms with Crippen molar-refractivity contribution in [1.29, 1.82) is 0 Å². The van der Waals surface area contributed by atoms with E-state index >= 15 is 0 Å². The fourth-order valence-electron chi connectivity index (χ4n) is 1.56. The van der Waals surface area contributed by atoms with Gasteiger partial charge in [-0.15, -0.1) is 0 Å². The highest BCUT2D eigenvalue weighted by Crippen LogP contribution is 2.14. The number of hydrogen-bond acceptors (Lipinski definition) is 4. The van der Waals surface area contributed by atoms with Crippen LogP contribution >= 0.6 is 0 Å². The van der Waals surface area contributed by atoms with Crippen LogP contribution in [0.2, 0.25) is 0 Å². The average Bonchev–Trinajstić information content (AvgIpc) is 2.82. The monoisotopic (exact) mass is 245 g/mol. The molecule has 0 aliphatic rings. The highest BCUT2D eigenvalue weighted by molar-refractivity contribution is 5.98. The Hall–Kier alpha value is -2.30. The molecule has 0 aliphatic carbocycles. The van der Waals surface area contributed by atoms with Gasteiger partial charge >= 0.3 is 0 Å². The third-order valence-electron chi connectivity index (χ3n) is 2.59. The van der Waals surface area contributed by atoms with Crippen LogP contribution in [-0.2, 0) is 13.7 Å². The second kappa shape index (κ2) is 5.35. The summed E-state index contributed by atoms with van der Waals surface area (Å²) in [7, 11) is 1.87. The lowest BCUT2D eigenvalue weighted by Crippen LogP contribution is -1.96. The molecule has 5 heteroatoms. The summed E-state index contributed by atoms with van der Waals surface area (Å²) in [6.45, 7) is 2.23. The van der Waals surface area contributed by atoms with E-state index in [1.165, 1.54) is 0 Å². The molecule has 0 unspecified atom stereocenters.